The smallest absolute Gasteiger partial charge is 0.328 e. The Morgan fingerprint density at radius 2 is 2.25 bits per heavy atom. The normalized spacial score (nSPS) is 15.0. The van der Waals surface area contributed by atoms with Crippen LogP contribution in [0.5, 0.6) is 0 Å². The van der Waals surface area contributed by atoms with Crippen molar-refractivity contribution in [3.8, 4) is 0 Å². The van der Waals surface area contributed by atoms with Crippen LogP contribution in [0.1, 0.15) is 29.3 Å². The molecule has 0 radical (unpaired) electrons. The molecule has 1 aliphatic carbocycles. The molecule has 5 nitrogen and oxygen atoms in total. The quantitative estimate of drug-likeness (QED) is 0.859. The van der Waals surface area contributed by atoms with E-state index in [0.29, 0.717) is 12.6 Å². The molecule has 6 heteroatoms. The van der Waals surface area contributed by atoms with Gasteiger partial charge in [0.25, 0.3) is 0 Å². The second kappa shape index (κ2) is 5.13. The number of hydrogen-bond donors (Lipinski definition) is 1. The van der Waals surface area contributed by atoms with Gasteiger partial charge in [-0.15, -0.1) is 11.3 Å². The van der Waals surface area contributed by atoms with Gasteiger partial charge in [-0.2, -0.15) is 0 Å². The van der Waals surface area contributed by atoms with Crippen LogP contribution in [0.25, 0.3) is 6.08 Å². The van der Waals surface area contributed by atoms with Crippen LogP contribution < -0.4 is 5.69 Å². The number of carboxylic acids is 1. The molecule has 1 N–H and O–H groups in total. The van der Waals surface area contributed by atoms with Crippen LogP contribution in [0.15, 0.2) is 34.7 Å². The molecule has 0 amide bonds. The van der Waals surface area contributed by atoms with Gasteiger partial charge in [0.05, 0.1) is 6.54 Å². The van der Waals surface area contributed by atoms with Crippen LogP contribution in [0.4, 0.5) is 0 Å². The molecule has 0 unspecified atom stereocenters. The van der Waals surface area contributed by atoms with Gasteiger partial charge in [-0.1, -0.05) is 0 Å². The van der Waals surface area contributed by atoms with E-state index in [2.05, 4.69) is 0 Å². The van der Waals surface area contributed by atoms with Crippen LogP contribution in [-0.4, -0.2) is 20.2 Å². The minimum Gasteiger partial charge on any atom is -0.478 e. The Morgan fingerprint density at radius 3 is 2.95 bits per heavy atom. The number of rotatable bonds is 5. The molecule has 0 saturated heterocycles. The first-order valence-corrected chi connectivity index (χ1v) is 7.28. The highest BCUT2D eigenvalue weighted by atomic mass is 32.1. The number of carboxylic acid groups (broad SMARTS) is 1. The van der Waals surface area contributed by atoms with Crippen LogP contribution in [0.3, 0.4) is 0 Å². The van der Waals surface area contributed by atoms with Crippen molar-refractivity contribution in [3.63, 3.8) is 0 Å². The average molecular weight is 290 g/mol. The van der Waals surface area contributed by atoms with Crippen molar-refractivity contribution >= 4 is 23.4 Å². The zero-order valence-electron chi connectivity index (χ0n) is 10.7. The van der Waals surface area contributed by atoms with Crippen molar-refractivity contribution in [2.75, 3.05) is 0 Å². The monoisotopic (exact) mass is 290 g/mol. The highest BCUT2D eigenvalue weighted by Crippen LogP contribution is 2.33. The predicted molar refractivity (Wildman–Crippen MR) is 77.1 cm³/mol. The summed E-state index contributed by atoms with van der Waals surface area (Å²) in [6.45, 7) is 0.482. The van der Waals surface area contributed by atoms with Crippen molar-refractivity contribution in [2.45, 2.75) is 25.4 Å². The summed E-state index contributed by atoms with van der Waals surface area (Å²) in [5.74, 6) is -0.973. The largest absolute Gasteiger partial charge is 0.478 e. The Kier molecular flexibility index (Phi) is 3.31. The fourth-order valence-corrected chi connectivity index (χ4v) is 2.99. The third kappa shape index (κ3) is 2.60. The molecule has 0 atom stereocenters. The SMILES string of the molecule is O=C(O)/C=C/c1ccsc1Cn1ccn(C2CC2)c1=O. The van der Waals surface area contributed by atoms with E-state index in [0.717, 1.165) is 29.4 Å². The maximum Gasteiger partial charge on any atom is 0.328 e. The number of aromatic nitrogens is 2. The molecule has 2 heterocycles. The van der Waals surface area contributed by atoms with Gasteiger partial charge in [-0.3, -0.25) is 9.13 Å². The Bertz CT molecular complexity index is 719. The molecule has 0 aromatic carbocycles. The minimum atomic E-state index is -0.973. The maximum absolute atomic E-state index is 12.2. The van der Waals surface area contributed by atoms with Crippen molar-refractivity contribution < 1.29 is 9.90 Å². The van der Waals surface area contributed by atoms with Gasteiger partial charge in [-0.25, -0.2) is 9.59 Å². The summed E-state index contributed by atoms with van der Waals surface area (Å²) < 4.78 is 3.45. The summed E-state index contributed by atoms with van der Waals surface area (Å²) in [5, 5.41) is 10.6. The Balaban J connectivity index is 1.83. The van der Waals surface area contributed by atoms with E-state index in [4.69, 9.17) is 5.11 Å². The predicted octanol–water partition coefficient (Wildman–Crippen LogP) is 2.19. The Labute approximate surface area is 119 Å². The topological polar surface area (TPSA) is 64.2 Å². The standard InChI is InChI=1S/C14H14N2O3S/c17-13(18)4-1-10-5-8-20-12(10)9-15-6-7-16(14(15)19)11-2-3-11/h1,4-8,11H,2-3,9H2,(H,17,18)/b4-1+. The number of nitrogens with zero attached hydrogens (tertiary/aromatic N) is 2. The second-order valence-electron chi connectivity index (χ2n) is 4.82. The molecule has 104 valence electrons. The molecule has 3 rings (SSSR count). The highest BCUT2D eigenvalue weighted by Gasteiger charge is 2.25. The van der Waals surface area contributed by atoms with E-state index in [-0.39, 0.29) is 5.69 Å². The third-order valence-electron chi connectivity index (χ3n) is 3.31. The van der Waals surface area contributed by atoms with E-state index in [1.54, 1.807) is 21.4 Å². The Morgan fingerprint density at radius 1 is 1.45 bits per heavy atom. The van der Waals surface area contributed by atoms with E-state index in [1.165, 1.54) is 11.3 Å². The molecule has 2 aromatic rings. The summed E-state index contributed by atoms with van der Waals surface area (Å²) >= 11 is 1.52. The fourth-order valence-electron chi connectivity index (χ4n) is 2.12. The van der Waals surface area contributed by atoms with E-state index in [9.17, 15) is 9.59 Å². The summed E-state index contributed by atoms with van der Waals surface area (Å²) in [6.07, 6.45) is 8.47. The van der Waals surface area contributed by atoms with Gasteiger partial charge in [-0.05, 0) is 35.9 Å². The van der Waals surface area contributed by atoms with Gasteiger partial charge in [0.15, 0.2) is 0 Å². The molecule has 2 aromatic heterocycles. The lowest BCUT2D eigenvalue weighted by molar-refractivity contribution is -0.131. The minimum absolute atomic E-state index is 0.00839. The molecule has 1 aliphatic rings. The van der Waals surface area contributed by atoms with Crippen molar-refractivity contribution in [2.24, 2.45) is 0 Å². The molecule has 0 aliphatic heterocycles. The number of carbonyl (C=O) groups is 1. The van der Waals surface area contributed by atoms with E-state index < -0.39 is 5.97 Å². The molecule has 0 bridgehead atoms. The van der Waals surface area contributed by atoms with Crippen molar-refractivity contribution in [1.82, 2.24) is 9.13 Å². The summed E-state index contributed by atoms with van der Waals surface area (Å²) in [4.78, 5) is 23.7. The number of imidazole rings is 1. The molecular formula is C14H14N2O3S. The molecule has 0 spiro atoms. The summed E-state index contributed by atoms with van der Waals surface area (Å²) in [5.41, 5.74) is 0.859. The first-order chi connectivity index (χ1) is 9.65. The fraction of sp³-hybridized carbons (Fsp3) is 0.286. The van der Waals surface area contributed by atoms with Crippen molar-refractivity contribution in [1.29, 1.82) is 0 Å². The third-order valence-corrected chi connectivity index (χ3v) is 4.23. The lowest BCUT2D eigenvalue weighted by Crippen LogP contribution is -2.23. The van der Waals surface area contributed by atoms with Gasteiger partial charge in [0, 0.05) is 29.4 Å². The van der Waals surface area contributed by atoms with Crippen LogP contribution in [0.2, 0.25) is 0 Å². The number of aliphatic carboxylic acids is 1. The molecule has 20 heavy (non-hydrogen) atoms. The zero-order chi connectivity index (χ0) is 14.1. The van der Waals surface area contributed by atoms with Gasteiger partial charge >= 0.3 is 11.7 Å². The first-order valence-electron chi connectivity index (χ1n) is 6.40. The van der Waals surface area contributed by atoms with Gasteiger partial charge in [0.1, 0.15) is 0 Å². The van der Waals surface area contributed by atoms with E-state index >= 15 is 0 Å². The van der Waals surface area contributed by atoms with Crippen LogP contribution in [-0.2, 0) is 11.3 Å². The molecular weight excluding hydrogens is 276 g/mol. The van der Waals surface area contributed by atoms with Gasteiger partial charge in [0.2, 0.25) is 0 Å². The first kappa shape index (κ1) is 12.9. The van der Waals surface area contributed by atoms with E-state index in [1.807, 2.05) is 17.6 Å². The number of thiophene rings is 1. The van der Waals surface area contributed by atoms with Crippen LogP contribution >= 0.6 is 11.3 Å². The van der Waals surface area contributed by atoms with Crippen molar-refractivity contribution in [3.05, 3.63) is 50.8 Å². The molecule has 1 saturated carbocycles. The lowest BCUT2D eigenvalue weighted by Gasteiger charge is -2.01. The zero-order valence-corrected chi connectivity index (χ0v) is 11.5. The average Bonchev–Trinajstić information content (AvgIpc) is 3.05. The molecule has 1 fully saturated rings. The summed E-state index contributed by atoms with van der Waals surface area (Å²) in [6, 6.07) is 2.24. The highest BCUT2D eigenvalue weighted by molar-refractivity contribution is 7.10. The maximum atomic E-state index is 12.2. The summed E-state index contributed by atoms with van der Waals surface area (Å²) in [7, 11) is 0. The number of hydrogen-bond acceptors (Lipinski definition) is 3. The Hall–Kier alpha value is -2.08. The lowest BCUT2D eigenvalue weighted by atomic mass is 10.2. The van der Waals surface area contributed by atoms with Gasteiger partial charge < -0.3 is 5.11 Å². The second-order valence-corrected chi connectivity index (χ2v) is 5.82. The van der Waals surface area contributed by atoms with Crippen LogP contribution in [0, 0.1) is 0 Å².